The van der Waals surface area contributed by atoms with Crippen LogP contribution in [0.3, 0.4) is 0 Å². The number of nitrogens with zero attached hydrogens (tertiary/aromatic N) is 1. The summed E-state index contributed by atoms with van der Waals surface area (Å²) in [5.41, 5.74) is 1.07. The third kappa shape index (κ3) is 4.39. The van der Waals surface area contributed by atoms with Gasteiger partial charge in [-0.15, -0.1) is 12.4 Å². The van der Waals surface area contributed by atoms with E-state index < -0.39 is 0 Å². The van der Waals surface area contributed by atoms with Gasteiger partial charge in [-0.2, -0.15) is 0 Å². The monoisotopic (exact) mass is 338 g/mol. The Morgan fingerprint density at radius 3 is 2.65 bits per heavy atom. The van der Waals surface area contributed by atoms with Gasteiger partial charge < -0.3 is 10.1 Å². The van der Waals surface area contributed by atoms with Crippen molar-refractivity contribution in [3.63, 3.8) is 0 Å². The first-order chi connectivity index (χ1) is 10.6. The van der Waals surface area contributed by atoms with Crippen molar-refractivity contribution in [2.75, 3.05) is 13.1 Å². The summed E-state index contributed by atoms with van der Waals surface area (Å²) in [6.07, 6.45) is 3.12. The number of benzene rings is 1. The first kappa shape index (κ1) is 18.1. The fraction of sp³-hybridized carbons (Fsp3) is 0.611. The first-order valence-corrected chi connectivity index (χ1v) is 8.31. The summed E-state index contributed by atoms with van der Waals surface area (Å²) in [4.78, 5) is 14.5. The van der Waals surface area contributed by atoms with Crippen LogP contribution in [0.4, 0.5) is 4.79 Å². The van der Waals surface area contributed by atoms with Gasteiger partial charge in [-0.05, 0) is 30.7 Å². The van der Waals surface area contributed by atoms with Crippen LogP contribution in [-0.2, 0) is 11.3 Å². The highest BCUT2D eigenvalue weighted by molar-refractivity contribution is 5.85. The van der Waals surface area contributed by atoms with Crippen molar-refractivity contribution < 1.29 is 9.53 Å². The summed E-state index contributed by atoms with van der Waals surface area (Å²) < 4.78 is 5.56. The number of ether oxygens (including phenoxy) is 1. The van der Waals surface area contributed by atoms with E-state index in [1.54, 1.807) is 0 Å². The molecular weight excluding hydrogens is 312 g/mol. The second-order valence-corrected chi connectivity index (χ2v) is 7.08. The summed E-state index contributed by atoms with van der Waals surface area (Å²) in [5, 5.41) is 3.61. The summed E-state index contributed by atoms with van der Waals surface area (Å²) in [6.45, 7) is 6.48. The Kier molecular flexibility index (Phi) is 5.93. The number of hydrogen-bond donors (Lipinski definition) is 1. The number of amides is 1. The van der Waals surface area contributed by atoms with E-state index in [4.69, 9.17) is 4.74 Å². The smallest absolute Gasteiger partial charge is 0.410 e. The number of rotatable bonds is 4. The second-order valence-electron chi connectivity index (χ2n) is 7.08. The lowest BCUT2D eigenvalue weighted by atomic mass is 9.99. The molecule has 1 aromatic carbocycles. The minimum Gasteiger partial charge on any atom is -0.445 e. The van der Waals surface area contributed by atoms with Crippen molar-refractivity contribution in [1.29, 1.82) is 0 Å². The quantitative estimate of drug-likeness (QED) is 0.912. The maximum atomic E-state index is 12.5. The van der Waals surface area contributed by atoms with Crippen LogP contribution in [0.2, 0.25) is 0 Å². The third-order valence-corrected chi connectivity index (χ3v) is 4.70. The first-order valence-electron chi connectivity index (χ1n) is 8.31. The topological polar surface area (TPSA) is 41.6 Å². The highest BCUT2D eigenvalue weighted by Crippen LogP contribution is 2.43. The van der Waals surface area contributed by atoms with Crippen LogP contribution in [-0.4, -0.2) is 35.7 Å². The van der Waals surface area contributed by atoms with Gasteiger partial charge in [-0.3, -0.25) is 4.90 Å². The molecule has 1 spiro atoms. The Bertz CT molecular complexity index is 517. The van der Waals surface area contributed by atoms with Gasteiger partial charge in [0.05, 0.1) is 5.54 Å². The molecule has 1 atom stereocenters. The second kappa shape index (κ2) is 7.54. The molecule has 0 radical (unpaired) electrons. The lowest BCUT2D eigenvalue weighted by Gasteiger charge is -2.40. The van der Waals surface area contributed by atoms with Gasteiger partial charge >= 0.3 is 6.09 Å². The van der Waals surface area contributed by atoms with Crippen LogP contribution >= 0.6 is 12.4 Å². The minimum absolute atomic E-state index is 0. The van der Waals surface area contributed by atoms with Crippen molar-refractivity contribution >= 4 is 18.5 Å². The van der Waals surface area contributed by atoms with Gasteiger partial charge in [0.15, 0.2) is 0 Å². The molecule has 2 aliphatic rings. The summed E-state index contributed by atoms with van der Waals surface area (Å²) in [6, 6.07) is 10.3. The number of hydrogen-bond acceptors (Lipinski definition) is 3. The number of nitrogens with one attached hydrogen (secondary N) is 1. The molecule has 1 aliphatic heterocycles. The zero-order valence-corrected chi connectivity index (χ0v) is 14.8. The summed E-state index contributed by atoms with van der Waals surface area (Å²) >= 11 is 0. The van der Waals surface area contributed by atoms with E-state index in [-0.39, 0.29) is 24.0 Å². The molecule has 1 saturated carbocycles. The highest BCUT2D eigenvalue weighted by Gasteiger charge is 2.53. The lowest BCUT2D eigenvalue weighted by molar-refractivity contribution is 0.0535. The predicted octanol–water partition coefficient (Wildman–Crippen LogP) is 3.60. The van der Waals surface area contributed by atoms with E-state index in [2.05, 4.69) is 19.2 Å². The van der Waals surface area contributed by atoms with Gasteiger partial charge in [-0.25, -0.2) is 4.79 Å². The summed E-state index contributed by atoms with van der Waals surface area (Å²) in [5.74, 6) is 0.632. The van der Waals surface area contributed by atoms with E-state index in [9.17, 15) is 4.79 Å². The Morgan fingerprint density at radius 2 is 2.04 bits per heavy atom. The maximum Gasteiger partial charge on any atom is 0.410 e. The Labute approximate surface area is 145 Å². The van der Waals surface area contributed by atoms with E-state index in [0.29, 0.717) is 18.6 Å². The number of piperazine rings is 1. The maximum absolute atomic E-state index is 12.5. The molecule has 3 rings (SSSR count). The molecule has 1 aromatic rings. The SMILES string of the molecule is CC(C)C[C@@H]1CN(C(=O)OCc2ccccc2)C2(CC2)CN1.Cl. The van der Waals surface area contributed by atoms with Crippen LogP contribution in [0.5, 0.6) is 0 Å². The Balaban J connectivity index is 0.00000192. The largest absolute Gasteiger partial charge is 0.445 e. The Hall–Kier alpha value is -1.26. The average Bonchev–Trinajstić information content (AvgIpc) is 3.28. The molecule has 1 amide bonds. The number of carbonyl (C=O) groups is 1. The highest BCUT2D eigenvalue weighted by atomic mass is 35.5. The van der Waals surface area contributed by atoms with Gasteiger partial charge in [0.2, 0.25) is 0 Å². The van der Waals surface area contributed by atoms with Crippen molar-refractivity contribution in [2.45, 2.75) is 51.3 Å². The van der Waals surface area contributed by atoms with Crippen molar-refractivity contribution in [2.24, 2.45) is 5.92 Å². The fourth-order valence-electron chi connectivity index (χ4n) is 3.29. The molecule has 2 fully saturated rings. The molecular formula is C18H27ClN2O2. The van der Waals surface area contributed by atoms with E-state index in [0.717, 1.165) is 37.9 Å². The van der Waals surface area contributed by atoms with Crippen LogP contribution in [0, 0.1) is 5.92 Å². The molecule has 1 heterocycles. The molecule has 0 unspecified atom stereocenters. The molecule has 128 valence electrons. The van der Waals surface area contributed by atoms with E-state index >= 15 is 0 Å². The van der Waals surface area contributed by atoms with Crippen molar-refractivity contribution in [1.82, 2.24) is 10.2 Å². The zero-order chi connectivity index (χ0) is 15.6. The fourth-order valence-corrected chi connectivity index (χ4v) is 3.29. The molecule has 23 heavy (non-hydrogen) atoms. The van der Waals surface area contributed by atoms with Crippen molar-refractivity contribution in [3.8, 4) is 0 Å². The van der Waals surface area contributed by atoms with Crippen LogP contribution in [0.15, 0.2) is 30.3 Å². The Morgan fingerprint density at radius 1 is 1.35 bits per heavy atom. The third-order valence-electron chi connectivity index (χ3n) is 4.70. The molecule has 1 saturated heterocycles. The van der Waals surface area contributed by atoms with Crippen LogP contribution < -0.4 is 5.32 Å². The zero-order valence-electron chi connectivity index (χ0n) is 14.0. The van der Waals surface area contributed by atoms with Crippen LogP contribution in [0.1, 0.15) is 38.7 Å². The van der Waals surface area contributed by atoms with E-state index in [1.165, 1.54) is 0 Å². The molecule has 1 aliphatic carbocycles. The lowest BCUT2D eigenvalue weighted by Crippen LogP contribution is -2.60. The van der Waals surface area contributed by atoms with Gasteiger partial charge in [0.25, 0.3) is 0 Å². The molecule has 1 N–H and O–H groups in total. The van der Waals surface area contributed by atoms with Crippen molar-refractivity contribution in [3.05, 3.63) is 35.9 Å². The molecule has 5 heteroatoms. The molecule has 0 aromatic heterocycles. The minimum atomic E-state index is -0.156. The average molecular weight is 339 g/mol. The van der Waals surface area contributed by atoms with Gasteiger partial charge in [0, 0.05) is 19.1 Å². The standard InChI is InChI=1S/C18H26N2O2.ClH/c1-14(2)10-16-11-20(18(8-9-18)13-19-16)17(21)22-12-15-6-4-3-5-7-15;/h3-7,14,16,19H,8-13H2,1-2H3;1H/t16-;/m1./s1. The molecule has 4 nitrogen and oxygen atoms in total. The van der Waals surface area contributed by atoms with Gasteiger partial charge in [0.1, 0.15) is 6.61 Å². The number of carbonyl (C=O) groups excluding carboxylic acids is 1. The normalized spacial score (nSPS) is 21.9. The molecule has 0 bridgehead atoms. The predicted molar refractivity (Wildman–Crippen MR) is 93.8 cm³/mol. The summed E-state index contributed by atoms with van der Waals surface area (Å²) in [7, 11) is 0. The van der Waals surface area contributed by atoms with Gasteiger partial charge in [-0.1, -0.05) is 44.2 Å². The van der Waals surface area contributed by atoms with E-state index in [1.807, 2.05) is 35.2 Å². The number of halogens is 1. The van der Waals surface area contributed by atoms with Crippen LogP contribution in [0.25, 0.3) is 0 Å².